The summed E-state index contributed by atoms with van der Waals surface area (Å²) in [6.07, 6.45) is 0. The van der Waals surface area contributed by atoms with E-state index in [2.05, 4.69) is 0 Å². The van der Waals surface area contributed by atoms with Gasteiger partial charge in [-0.25, -0.2) is 0 Å². The number of nitrogen functional groups attached to an aromatic ring is 1. The van der Waals surface area contributed by atoms with Crippen molar-refractivity contribution >= 4 is 45.6 Å². The Hall–Kier alpha value is -1.97. The van der Waals surface area contributed by atoms with Gasteiger partial charge in [0.25, 0.3) is 0 Å². The molecule has 20 heavy (non-hydrogen) atoms. The normalized spacial score (nSPS) is 10.9. The van der Waals surface area contributed by atoms with Crippen molar-refractivity contribution in [1.82, 2.24) is 0 Å². The van der Waals surface area contributed by atoms with E-state index in [1.807, 2.05) is 6.07 Å². The Morgan fingerprint density at radius 2 is 1.85 bits per heavy atom. The number of fused-ring (bicyclic) bond motifs is 1. The van der Waals surface area contributed by atoms with Crippen molar-refractivity contribution in [2.45, 2.75) is 0 Å². The first kappa shape index (κ1) is 13.0. The minimum Gasteiger partial charge on any atom is -0.451 e. The molecule has 0 saturated heterocycles. The highest BCUT2D eigenvalue weighted by Crippen LogP contribution is 2.28. The minimum atomic E-state index is -0.263. The number of hydrogen-bond donors (Lipinski definition) is 1. The highest BCUT2D eigenvalue weighted by atomic mass is 35.5. The van der Waals surface area contributed by atoms with Crippen LogP contribution >= 0.6 is 23.2 Å². The third-order valence-electron chi connectivity index (χ3n) is 2.98. The lowest BCUT2D eigenvalue weighted by Gasteiger charge is -2.01. The zero-order valence-electron chi connectivity index (χ0n) is 10.2. The van der Waals surface area contributed by atoms with Crippen LogP contribution in [0.5, 0.6) is 0 Å². The van der Waals surface area contributed by atoms with Gasteiger partial charge < -0.3 is 10.2 Å². The summed E-state index contributed by atoms with van der Waals surface area (Å²) in [5.41, 5.74) is 6.97. The Balaban J connectivity index is 2.08. The van der Waals surface area contributed by atoms with Crippen molar-refractivity contribution in [3.63, 3.8) is 0 Å². The minimum absolute atomic E-state index is 0.217. The fourth-order valence-corrected chi connectivity index (χ4v) is 2.30. The lowest BCUT2D eigenvalue weighted by molar-refractivity contribution is 0.101. The maximum absolute atomic E-state index is 12.4. The van der Waals surface area contributed by atoms with Crippen LogP contribution in [0.25, 0.3) is 11.0 Å². The highest BCUT2D eigenvalue weighted by molar-refractivity contribution is 6.35. The number of nitrogens with two attached hydrogens (primary N) is 1. The largest absolute Gasteiger partial charge is 0.451 e. The first-order chi connectivity index (χ1) is 9.56. The molecule has 0 aliphatic rings. The standard InChI is InChI=1S/C15H9Cl2NO2/c16-10-5-4-8(6-12(10)18)14(19)13-7-9-2-1-3-11(17)15(9)20-13/h1-7H,18H2. The number of ketones is 1. The van der Waals surface area contributed by atoms with Gasteiger partial charge in [-0.15, -0.1) is 0 Å². The van der Waals surface area contributed by atoms with Gasteiger partial charge in [-0.2, -0.15) is 0 Å². The van der Waals surface area contributed by atoms with Gasteiger partial charge in [0, 0.05) is 10.9 Å². The lowest BCUT2D eigenvalue weighted by atomic mass is 10.1. The highest BCUT2D eigenvalue weighted by Gasteiger charge is 2.16. The topological polar surface area (TPSA) is 56.2 Å². The van der Waals surface area contributed by atoms with Gasteiger partial charge in [0.2, 0.25) is 5.78 Å². The van der Waals surface area contributed by atoms with Crippen molar-refractivity contribution in [3.05, 3.63) is 63.8 Å². The third kappa shape index (κ3) is 2.15. The first-order valence-electron chi connectivity index (χ1n) is 5.84. The van der Waals surface area contributed by atoms with Crippen molar-refractivity contribution < 1.29 is 9.21 Å². The molecular weight excluding hydrogens is 297 g/mol. The predicted molar refractivity (Wildman–Crippen MR) is 80.5 cm³/mol. The number of carbonyl (C=O) groups is 1. The molecule has 2 N–H and O–H groups in total. The summed E-state index contributed by atoms with van der Waals surface area (Å²) in [5.74, 6) is -0.0459. The van der Waals surface area contributed by atoms with E-state index in [1.165, 1.54) is 6.07 Å². The molecule has 0 unspecified atom stereocenters. The molecule has 1 aromatic heterocycles. The van der Waals surface area contributed by atoms with Crippen LogP contribution in [0.4, 0.5) is 5.69 Å². The van der Waals surface area contributed by atoms with E-state index in [1.54, 1.807) is 30.3 Å². The van der Waals surface area contributed by atoms with Gasteiger partial charge >= 0.3 is 0 Å². The number of benzene rings is 2. The smallest absolute Gasteiger partial charge is 0.228 e. The Bertz CT molecular complexity index is 824. The van der Waals surface area contributed by atoms with E-state index in [4.69, 9.17) is 33.4 Å². The average molecular weight is 306 g/mol. The van der Waals surface area contributed by atoms with Crippen LogP contribution in [0, 0.1) is 0 Å². The maximum Gasteiger partial charge on any atom is 0.228 e. The Labute approximate surface area is 124 Å². The summed E-state index contributed by atoms with van der Waals surface area (Å²) in [6, 6.07) is 11.7. The molecular formula is C15H9Cl2NO2. The van der Waals surface area contributed by atoms with E-state index in [0.717, 1.165) is 5.39 Å². The molecule has 0 bridgehead atoms. The fourth-order valence-electron chi connectivity index (χ4n) is 1.97. The van der Waals surface area contributed by atoms with Crippen molar-refractivity contribution in [2.75, 3.05) is 5.73 Å². The van der Waals surface area contributed by atoms with Gasteiger partial charge in [-0.05, 0) is 30.3 Å². The second kappa shape index (κ2) is 4.85. The van der Waals surface area contributed by atoms with Crippen LogP contribution in [0.1, 0.15) is 16.1 Å². The van der Waals surface area contributed by atoms with Gasteiger partial charge in [0.05, 0.1) is 15.7 Å². The molecule has 1 heterocycles. The van der Waals surface area contributed by atoms with Crippen LogP contribution in [-0.2, 0) is 0 Å². The van der Waals surface area contributed by atoms with Crippen LogP contribution in [0.15, 0.2) is 46.9 Å². The molecule has 0 atom stereocenters. The molecule has 5 heteroatoms. The van der Waals surface area contributed by atoms with Crippen LogP contribution < -0.4 is 5.73 Å². The molecule has 3 nitrogen and oxygen atoms in total. The quantitative estimate of drug-likeness (QED) is 0.558. The molecule has 3 aromatic rings. The van der Waals surface area contributed by atoms with Crippen molar-refractivity contribution in [2.24, 2.45) is 0 Å². The molecule has 0 amide bonds. The van der Waals surface area contributed by atoms with E-state index in [-0.39, 0.29) is 11.5 Å². The molecule has 0 fully saturated rings. The molecule has 0 radical (unpaired) electrons. The zero-order chi connectivity index (χ0) is 14.3. The van der Waals surface area contributed by atoms with Gasteiger partial charge in [0.1, 0.15) is 0 Å². The molecule has 100 valence electrons. The third-order valence-corrected chi connectivity index (χ3v) is 3.62. The number of hydrogen-bond acceptors (Lipinski definition) is 3. The van der Waals surface area contributed by atoms with E-state index < -0.39 is 0 Å². The SMILES string of the molecule is Nc1cc(C(=O)c2cc3cccc(Cl)c3o2)ccc1Cl. The maximum atomic E-state index is 12.4. The summed E-state index contributed by atoms with van der Waals surface area (Å²) in [6.45, 7) is 0. The Morgan fingerprint density at radius 3 is 2.55 bits per heavy atom. The monoisotopic (exact) mass is 305 g/mol. The number of para-hydroxylation sites is 1. The fraction of sp³-hybridized carbons (Fsp3) is 0. The van der Waals surface area contributed by atoms with Gasteiger partial charge in [0.15, 0.2) is 11.3 Å². The molecule has 3 rings (SSSR count). The molecule has 0 aliphatic heterocycles. The number of anilines is 1. The van der Waals surface area contributed by atoms with Crippen LogP contribution in [0.3, 0.4) is 0 Å². The van der Waals surface area contributed by atoms with Crippen molar-refractivity contribution in [1.29, 1.82) is 0 Å². The van der Waals surface area contributed by atoms with Gasteiger partial charge in [-0.3, -0.25) is 4.79 Å². The Morgan fingerprint density at radius 1 is 1.05 bits per heavy atom. The summed E-state index contributed by atoms with van der Waals surface area (Å²) in [5, 5.41) is 1.66. The number of furan rings is 1. The second-order valence-electron chi connectivity index (χ2n) is 4.33. The zero-order valence-corrected chi connectivity index (χ0v) is 11.7. The second-order valence-corrected chi connectivity index (χ2v) is 5.15. The molecule has 0 saturated carbocycles. The Kier molecular flexibility index (Phi) is 3.16. The van der Waals surface area contributed by atoms with E-state index >= 15 is 0 Å². The average Bonchev–Trinajstić information content (AvgIpc) is 2.86. The van der Waals surface area contributed by atoms with Crippen molar-refractivity contribution in [3.8, 4) is 0 Å². The number of rotatable bonds is 2. The number of carbonyl (C=O) groups excluding carboxylic acids is 1. The molecule has 0 spiro atoms. The van der Waals surface area contributed by atoms with Gasteiger partial charge in [-0.1, -0.05) is 35.3 Å². The van der Waals surface area contributed by atoms with E-state index in [9.17, 15) is 4.79 Å². The van der Waals surface area contributed by atoms with E-state index in [0.29, 0.717) is 26.9 Å². The molecule has 2 aromatic carbocycles. The van der Waals surface area contributed by atoms with Crippen LogP contribution in [0.2, 0.25) is 10.0 Å². The lowest BCUT2D eigenvalue weighted by Crippen LogP contribution is -2.00. The first-order valence-corrected chi connectivity index (χ1v) is 6.59. The summed E-state index contributed by atoms with van der Waals surface area (Å²) in [4.78, 5) is 12.4. The predicted octanol–water partition coefficient (Wildman–Crippen LogP) is 4.55. The summed E-state index contributed by atoms with van der Waals surface area (Å²) >= 11 is 11.9. The molecule has 0 aliphatic carbocycles. The number of halogens is 2. The summed E-state index contributed by atoms with van der Waals surface area (Å²) in [7, 11) is 0. The summed E-state index contributed by atoms with van der Waals surface area (Å²) < 4.78 is 5.53. The van der Waals surface area contributed by atoms with Crippen LogP contribution in [-0.4, -0.2) is 5.78 Å².